The molecular formula is C28H38F3NO4. The third-order valence-corrected chi connectivity index (χ3v) is 5.32. The summed E-state index contributed by atoms with van der Waals surface area (Å²) < 4.78 is 48.7. The Morgan fingerprint density at radius 2 is 1.67 bits per heavy atom. The molecule has 2 rings (SSSR count). The molecule has 36 heavy (non-hydrogen) atoms. The predicted octanol–water partition coefficient (Wildman–Crippen LogP) is 6.97. The van der Waals surface area contributed by atoms with Gasteiger partial charge in [0.1, 0.15) is 17.2 Å². The van der Waals surface area contributed by atoms with Crippen molar-refractivity contribution in [3.63, 3.8) is 0 Å². The highest BCUT2D eigenvalue weighted by Crippen LogP contribution is 2.39. The minimum absolute atomic E-state index is 0.168. The summed E-state index contributed by atoms with van der Waals surface area (Å²) in [6.45, 7) is 9.84. The number of halogens is 3. The van der Waals surface area contributed by atoms with Gasteiger partial charge in [0.2, 0.25) is 0 Å². The van der Waals surface area contributed by atoms with Gasteiger partial charge in [-0.25, -0.2) is 4.79 Å². The molecule has 0 atom stereocenters. The number of phenolic OH excluding ortho intramolecular Hbond substituents is 1. The molecule has 0 unspecified atom stereocenters. The smallest absolute Gasteiger partial charge is 0.433 e. The molecule has 200 valence electrons. The second-order valence-corrected chi connectivity index (χ2v) is 9.06. The number of carbonyl (C=O) groups is 1. The van der Waals surface area contributed by atoms with Crippen LogP contribution in [0.2, 0.25) is 0 Å². The summed E-state index contributed by atoms with van der Waals surface area (Å²) in [5.74, 6) is -0.330. The van der Waals surface area contributed by atoms with Crippen molar-refractivity contribution in [3.8, 4) is 11.5 Å². The third-order valence-electron chi connectivity index (χ3n) is 5.32. The Kier molecular flexibility index (Phi) is 12.5. The molecule has 0 aliphatic heterocycles. The fraction of sp³-hybridized carbons (Fsp3) is 0.500. The molecule has 0 aromatic heterocycles. The van der Waals surface area contributed by atoms with Gasteiger partial charge in [-0.2, -0.15) is 13.2 Å². The van der Waals surface area contributed by atoms with Crippen molar-refractivity contribution in [2.45, 2.75) is 72.9 Å². The van der Waals surface area contributed by atoms with Gasteiger partial charge in [-0.05, 0) is 49.3 Å². The first-order chi connectivity index (χ1) is 16.8. The first kappa shape index (κ1) is 31.0. The highest BCUT2D eigenvalue weighted by molar-refractivity contribution is 6.05. The van der Waals surface area contributed by atoms with Gasteiger partial charge in [0.25, 0.3) is 0 Å². The molecule has 0 saturated heterocycles. The Labute approximate surface area is 212 Å². The molecule has 0 aliphatic carbocycles. The van der Waals surface area contributed by atoms with E-state index in [9.17, 15) is 23.1 Å². The maximum Gasteiger partial charge on any atom is 0.433 e. The average molecular weight is 510 g/mol. The Bertz CT molecular complexity index is 999. The second-order valence-electron chi connectivity index (χ2n) is 9.06. The van der Waals surface area contributed by atoms with Crippen LogP contribution in [0.4, 0.5) is 13.2 Å². The van der Waals surface area contributed by atoms with Gasteiger partial charge >= 0.3 is 12.1 Å². The van der Waals surface area contributed by atoms with Crippen LogP contribution in [0.1, 0.15) is 68.4 Å². The highest BCUT2D eigenvalue weighted by atomic mass is 19.4. The second kappa shape index (κ2) is 14.5. The van der Waals surface area contributed by atoms with Crippen molar-refractivity contribution in [3.05, 3.63) is 58.1 Å². The van der Waals surface area contributed by atoms with Crippen LogP contribution in [-0.4, -0.2) is 36.7 Å². The van der Waals surface area contributed by atoms with E-state index in [1.807, 2.05) is 6.92 Å². The molecule has 0 spiro atoms. The predicted molar refractivity (Wildman–Crippen MR) is 136 cm³/mol. The van der Waals surface area contributed by atoms with Crippen LogP contribution in [0.25, 0.3) is 0 Å². The first-order valence-corrected chi connectivity index (χ1v) is 12.1. The van der Waals surface area contributed by atoms with Crippen molar-refractivity contribution in [2.75, 3.05) is 13.7 Å². The minimum Gasteiger partial charge on any atom is -0.507 e. The minimum atomic E-state index is -4.88. The summed E-state index contributed by atoms with van der Waals surface area (Å²) in [6, 6.07) is 9.90. The molecule has 2 aromatic rings. The number of hydrogen-bond acceptors (Lipinski definition) is 5. The zero-order valence-electron chi connectivity index (χ0n) is 22.0. The Morgan fingerprint density at radius 3 is 2.14 bits per heavy atom. The van der Waals surface area contributed by atoms with Crippen molar-refractivity contribution < 1.29 is 32.5 Å². The normalized spacial score (nSPS) is 11.1. The van der Waals surface area contributed by atoms with E-state index < -0.39 is 35.8 Å². The van der Waals surface area contributed by atoms with Gasteiger partial charge < -0.3 is 14.6 Å². The number of aryl methyl sites for hydroxylation is 2. The van der Waals surface area contributed by atoms with E-state index in [-0.39, 0.29) is 17.7 Å². The number of nitrogens with one attached hydrogen (secondary N) is 1. The SMILES string of the molecule is CCCc1cc(C(=N)C(F)(F)F)c(O)c(CCC)c1OCC(=O)OC.Cc1ccc(CC(C)C)cc1. The fourth-order valence-electron chi connectivity index (χ4n) is 3.62. The summed E-state index contributed by atoms with van der Waals surface area (Å²) in [4.78, 5) is 11.3. The molecule has 0 aliphatic rings. The van der Waals surface area contributed by atoms with Crippen LogP contribution < -0.4 is 4.74 Å². The van der Waals surface area contributed by atoms with E-state index >= 15 is 0 Å². The monoisotopic (exact) mass is 509 g/mol. The van der Waals surface area contributed by atoms with Crippen LogP contribution >= 0.6 is 0 Å². The van der Waals surface area contributed by atoms with E-state index in [1.54, 1.807) is 6.92 Å². The number of hydrogen-bond donors (Lipinski definition) is 2. The summed E-state index contributed by atoms with van der Waals surface area (Å²) >= 11 is 0. The number of benzene rings is 2. The third kappa shape index (κ3) is 9.55. The largest absolute Gasteiger partial charge is 0.507 e. The lowest BCUT2D eigenvalue weighted by molar-refractivity contribution is -0.142. The number of aromatic hydroxyl groups is 1. The first-order valence-electron chi connectivity index (χ1n) is 12.1. The van der Waals surface area contributed by atoms with Gasteiger partial charge in [-0.1, -0.05) is 70.4 Å². The summed E-state index contributed by atoms with van der Waals surface area (Å²) in [5.41, 5.74) is 1.19. The molecule has 0 saturated carbocycles. The number of alkyl halides is 3. The summed E-state index contributed by atoms with van der Waals surface area (Å²) in [7, 11) is 1.19. The molecule has 5 nitrogen and oxygen atoms in total. The standard InChI is InChI=1S/C17H22F3NO4.C11H16/c1-4-6-10-8-12(16(21)17(18,19)20)14(23)11(7-5-2)15(10)25-9-13(22)24-3;1-9(2)8-11-6-4-10(3)5-7-11/h8,21,23H,4-7,9H2,1-3H3;4-7,9H,8H2,1-3H3. The lowest BCUT2D eigenvalue weighted by atomic mass is 9.94. The topological polar surface area (TPSA) is 79.6 Å². The van der Waals surface area contributed by atoms with Gasteiger partial charge in [-0.3, -0.25) is 5.41 Å². The van der Waals surface area contributed by atoms with Crippen LogP contribution in [0, 0.1) is 18.3 Å². The molecule has 0 fully saturated rings. The molecule has 0 radical (unpaired) electrons. The Morgan fingerprint density at radius 1 is 1.08 bits per heavy atom. The number of phenols is 1. The number of esters is 1. The van der Waals surface area contributed by atoms with Gasteiger partial charge in [0, 0.05) is 11.1 Å². The van der Waals surface area contributed by atoms with Crippen molar-refractivity contribution in [1.29, 1.82) is 5.41 Å². The van der Waals surface area contributed by atoms with Gasteiger partial charge in [0.05, 0.1) is 7.11 Å². The quantitative estimate of drug-likeness (QED) is 0.268. The van der Waals surface area contributed by atoms with E-state index in [0.717, 1.165) is 12.0 Å². The zero-order valence-corrected chi connectivity index (χ0v) is 22.0. The van der Waals surface area contributed by atoms with Crippen LogP contribution in [0.5, 0.6) is 11.5 Å². The van der Waals surface area contributed by atoms with Crippen molar-refractivity contribution in [2.24, 2.45) is 5.92 Å². The molecule has 2 N–H and O–H groups in total. The summed E-state index contributed by atoms with van der Waals surface area (Å²) in [6.07, 6.45) is -1.90. The van der Waals surface area contributed by atoms with E-state index in [0.29, 0.717) is 24.8 Å². The fourth-order valence-corrected chi connectivity index (χ4v) is 3.62. The lowest BCUT2D eigenvalue weighted by Crippen LogP contribution is -2.24. The van der Waals surface area contributed by atoms with Crippen LogP contribution in [-0.2, 0) is 28.8 Å². The summed E-state index contributed by atoms with van der Waals surface area (Å²) in [5, 5.41) is 17.7. The Balaban J connectivity index is 0.000000488. The number of methoxy groups -OCH3 is 1. The molecule has 8 heteroatoms. The number of ether oxygens (including phenoxy) is 2. The average Bonchev–Trinajstić information content (AvgIpc) is 2.81. The molecule has 0 bridgehead atoms. The lowest BCUT2D eigenvalue weighted by Gasteiger charge is -2.20. The molecule has 0 heterocycles. The van der Waals surface area contributed by atoms with Gasteiger partial charge in [0.15, 0.2) is 6.61 Å². The van der Waals surface area contributed by atoms with Crippen molar-refractivity contribution in [1.82, 2.24) is 0 Å². The van der Waals surface area contributed by atoms with E-state index in [2.05, 4.69) is 49.8 Å². The maximum absolute atomic E-state index is 12.9. The zero-order chi connectivity index (χ0) is 27.5. The van der Waals surface area contributed by atoms with Gasteiger partial charge in [-0.15, -0.1) is 0 Å². The number of rotatable bonds is 10. The molecular weight excluding hydrogens is 471 g/mol. The van der Waals surface area contributed by atoms with E-state index in [1.165, 1.54) is 24.7 Å². The maximum atomic E-state index is 12.9. The highest BCUT2D eigenvalue weighted by Gasteiger charge is 2.38. The number of carbonyl (C=O) groups excluding carboxylic acids is 1. The van der Waals surface area contributed by atoms with Crippen LogP contribution in [0.3, 0.4) is 0 Å². The Hall–Kier alpha value is -3.03. The van der Waals surface area contributed by atoms with Crippen LogP contribution in [0.15, 0.2) is 30.3 Å². The molecule has 0 amide bonds. The molecule has 2 aromatic carbocycles. The van der Waals surface area contributed by atoms with Crippen molar-refractivity contribution >= 4 is 11.7 Å². The van der Waals surface area contributed by atoms with E-state index in [4.69, 9.17) is 10.1 Å².